The van der Waals surface area contributed by atoms with Crippen LogP contribution in [0.1, 0.15) is 84.5 Å². The summed E-state index contributed by atoms with van der Waals surface area (Å²) in [5.74, 6) is 1.61. The number of nitrogens with two attached hydrogens (primary N) is 2. The van der Waals surface area contributed by atoms with Gasteiger partial charge in [-0.2, -0.15) is 0 Å². The number of aliphatic carboxylic acids is 2. The van der Waals surface area contributed by atoms with Crippen molar-refractivity contribution in [2.75, 3.05) is 0 Å². The van der Waals surface area contributed by atoms with Gasteiger partial charge in [0.1, 0.15) is 0 Å². The number of rotatable bonds is 7. The van der Waals surface area contributed by atoms with Gasteiger partial charge in [0.2, 0.25) is 0 Å². The second-order valence-electron chi connectivity index (χ2n) is 8.87. The van der Waals surface area contributed by atoms with Crippen LogP contribution in [0.4, 0.5) is 0 Å². The summed E-state index contributed by atoms with van der Waals surface area (Å²) in [6, 6.07) is 0.926. The lowest BCUT2D eigenvalue weighted by Gasteiger charge is -2.37. The molecule has 0 radical (unpaired) electrons. The van der Waals surface area contributed by atoms with Gasteiger partial charge in [-0.05, 0) is 81.5 Å². The first-order valence-corrected chi connectivity index (χ1v) is 10.6. The maximum atomic E-state index is 9.90. The summed E-state index contributed by atoms with van der Waals surface area (Å²) in [7, 11) is 0. The molecule has 6 heteroatoms. The minimum atomic E-state index is -0.870. The summed E-state index contributed by atoms with van der Waals surface area (Å²) < 4.78 is 0. The molecule has 2 saturated carbocycles. The van der Waals surface area contributed by atoms with E-state index in [1.807, 2.05) is 0 Å². The zero-order valence-electron chi connectivity index (χ0n) is 17.1. The van der Waals surface area contributed by atoms with Crippen LogP contribution < -0.4 is 11.5 Å². The molecule has 0 aromatic carbocycles. The molecule has 0 aromatic heterocycles. The van der Waals surface area contributed by atoms with E-state index in [9.17, 15) is 9.59 Å². The first-order valence-electron chi connectivity index (χ1n) is 10.6. The molecule has 6 atom stereocenters. The molecule has 27 heavy (non-hydrogen) atoms. The third kappa shape index (κ3) is 10.1. The highest BCUT2D eigenvalue weighted by atomic mass is 16.4. The average Bonchev–Trinajstić information content (AvgIpc) is 2.59. The molecule has 6 nitrogen and oxygen atoms in total. The summed E-state index contributed by atoms with van der Waals surface area (Å²) in [5.41, 5.74) is 12.2. The van der Waals surface area contributed by atoms with Gasteiger partial charge in [-0.3, -0.25) is 9.59 Å². The lowest BCUT2D eigenvalue weighted by Crippen LogP contribution is -2.37. The topological polar surface area (TPSA) is 127 Å². The molecule has 0 amide bonds. The zero-order chi connectivity index (χ0) is 20.4. The van der Waals surface area contributed by atoms with Gasteiger partial charge in [0.05, 0.1) is 0 Å². The van der Waals surface area contributed by atoms with Crippen LogP contribution in [0, 0.1) is 23.7 Å². The number of carboxylic acids is 2. The normalized spacial score (nSPS) is 33.6. The fraction of sp³-hybridized carbons (Fsp3) is 0.905. The summed E-state index contributed by atoms with van der Waals surface area (Å²) >= 11 is 0. The van der Waals surface area contributed by atoms with E-state index < -0.39 is 11.9 Å². The predicted molar refractivity (Wildman–Crippen MR) is 107 cm³/mol. The highest BCUT2D eigenvalue weighted by molar-refractivity contribution is 5.67. The van der Waals surface area contributed by atoms with Gasteiger partial charge in [0, 0.05) is 24.9 Å². The minimum absolute atomic E-state index is 0.0628. The number of carboxylic acid groups (broad SMARTS) is 2. The third-order valence-corrected chi connectivity index (χ3v) is 6.39. The summed E-state index contributed by atoms with van der Waals surface area (Å²) in [6.45, 7) is 4.66. The van der Waals surface area contributed by atoms with Crippen LogP contribution in [-0.4, -0.2) is 34.2 Å². The molecule has 2 rings (SSSR count). The molecule has 0 aliphatic heterocycles. The Kier molecular flexibility index (Phi) is 10.9. The monoisotopic (exact) mass is 384 g/mol. The Hall–Kier alpha value is -1.14. The van der Waals surface area contributed by atoms with Crippen LogP contribution in [0.3, 0.4) is 0 Å². The van der Waals surface area contributed by atoms with E-state index in [0.717, 1.165) is 23.7 Å². The largest absolute Gasteiger partial charge is 0.481 e. The number of unbranched alkanes of at least 4 members (excludes halogenated alkanes) is 1. The molecular formula is C21H40N2O4. The molecule has 2 aliphatic rings. The van der Waals surface area contributed by atoms with Gasteiger partial charge in [-0.25, -0.2) is 0 Å². The van der Waals surface area contributed by atoms with Crippen molar-refractivity contribution in [3.8, 4) is 0 Å². The maximum absolute atomic E-state index is 9.90. The lowest BCUT2D eigenvalue weighted by molar-refractivity contribution is -0.139. The SMILES string of the molecule is CC1CC(CC2CCC(N)C(C)C2)CCC1N.O=C(O)CCCCC(=O)O. The van der Waals surface area contributed by atoms with Crippen molar-refractivity contribution < 1.29 is 19.8 Å². The Labute approximate surface area is 164 Å². The van der Waals surface area contributed by atoms with Gasteiger partial charge in [-0.15, -0.1) is 0 Å². The van der Waals surface area contributed by atoms with E-state index in [1.54, 1.807) is 0 Å². The number of hydrogen-bond acceptors (Lipinski definition) is 4. The van der Waals surface area contributed by atoms with E-state index >= 15 is 0 Å². The van der Waals surface area contributed by atoms with Crippen molar-refractivity contribution in [1.82, 2.24) is 0 Å². The summed E-state index contributed by atoms with van der Waals surface area (Å²) in [5, 5.41) is 16.3. The zero-order valence-corrected chi connectivity index (χ0v) is 17.1. The molecule has 2 fully saturated rings. The van der Waals surface area contributed by atoms with E-state index in [1.165, 1.54) is 44.9 Å². The van der Waals surface area contributed by atoms with Crippen molar-refractivity contribution in [3.05, 3.63) is 0 Å². The van der Waals surface area contributed by atoms with Gasteiger partial charge < -0.3 is 21.7 Å². The van der Waals surface area contributed by atoms with Crippen LogP contribution in [0.5, 0.6) is 0 Å². The highest BCUT2D eigenvalue weighted by Gasteiger charge is 2.30. The summed E-state index contributed by atoms with van der Waals surface area (Å²) in [6.07, 6.45) is 10.4. The Bertz CT molecular complexity index is 417. The van der Waals surface area contributed by atoms with Crippen LogP contribution in [-0.2, 0) is 9.59 Å². The number of carbonyl (C=O) groups is 2. The molecule has 6 unspecified atom stereocenters. The van der Waals surface area contributed by atoms with E-state index in [-0.39, 0.29) is 12.8 Å². The van der Waals surface area contributed by atoms with Gasteiger partial charge >= 0.3 is 11.9 Å². The van der Waals surface area contributed by atoms with Gasteiger partial charge in [0.15, 0.2) is 0 Å². The van der Waals surface area contributed by atoms with E-state index in [2.05, 4.69) is 13.8 Å². The molecular weight excluding hydrogens is 344 g/mol. The first kappa shape index (κ1) is 23.9. The van der Waals surface area contributed by atoms with Gasteiger partial charge in [0.25, 0.3) is 0 Å². The molecule has 2 aliphatic carbocycles. The molecule has 0 saturated heterocycles. The van der Waals surface area contributed by atoms with Crippen molar-refractivity contribution in [3.63, 3.8) is 0 Å². The maximum Gasteiger partial charge on any atom is 0.303 e. The third-order valence-electron chi connectivity index (χ3n) is 6.39. The Morgan fingerprint density at radius 2 is 1.15 bits per heavy atom. The molecule has 158 valence electrons. The molecule has 0 heterocycles. The fourth-order valence-corrected chi connectivity index (χ4v) is 4.51. The van der Waals surface area contributed by atoms with Crippen molar-refractivity contribution in [1.29, 1.82) is 0 Å². The molecule has 0 aromatic rings. The fourth-order valence-electron chi connectivity index (χ4n) is 4.51. The Morgan fingerprint density at radius 1 is 0.778 bits per heavy atom. The second-order valence-corrected chi connectivity index (χ2v) is 8.87. The highest BCUT2D eigenvalue weighted by Crippen LogP contribution is 2.38. The summed E-state index contributed by atoms with van der Waals surface area (Å²) in [4.78, 5) is 19.8. The quantitative estimate of drug-likeness (QED) is 0.497. The van der Waals surface area contributed by atoms with Crippen LogP contribution >= 0.6 is 0 Å². The predicted octanol–water partition coefficient (Wildman–Crippen LogP) is 3.62. The first-order chi connectivity index (χ1) is 12.7. The van der Waals surface area contributed by atoms with Crippen LogP contribution in [0.2, 0.25) is 0 Å². The van der Waals surface area contributed by atoms with Gasteiger partial charge in [-0.1, -0.05) is 13.8 Å². The van der Waals surface area contributed by atoms with Crippen LogP contribution in [0.25, 0.3) is 0 Å². The van der Waals surface area contributed by atoms with Crippen molar-refractivity contribution >= 4 is 11.9 Å². The molecule has 0 bridgehead atoms. The number of hydrogen-bond donors (Lipinski definition) is 4. The van der Waals surface area contributed by atoms with Crippen LogP contribution in [0.15, 0.2) is 0 Å². The average molecular weight is 385 g/mol. The standard InChI is InChI=1S/C15H30N2.C6H10O4/c1-10-7-12(3-5-14(10)16)9-13-4-6-15(17)11(2)8-13;7-5(8)3-1-2-4-6(9)10/h10-15H,3-9,16-17H2,1-2H3;1-4H2,(H,7,8)(H,9,10). The van der Waals surface area contributed by atoms with E-state index in [4.69, 9.17) is 21.7 Å². The van der Waals surface area contributed by atoms with E-state index in [0.29, 0.717) is 24.9 Å². The lowest BCUT2D eigenvalue weighted by atomic mass is 9.71. The second kappa shape index (κ2) is 12.3. The van der Waals surface area contributed by atoms with Crippen molar-refractivity contribution in [2.24, 2.45) is 35.1 Å². The Morgan fingerprint density at radius 3 is 1.44 bits per heavy atom. The smallest absolute Gasteiger partial charge is 0.303 e. The Balaban J connectivity index is 0.000000314. The molecule has 6 N–H and O–H groups in total. The minimum Gasteiger partial charge on any atom is -0.481 e. The molecule has 0 spiro atoms. The van der Waals surface area contributed by atoms with Crippen molar-refractivity contribution in [2.45, 2.75) is 96.6 Å².